The van der Waals surface area contributed by atoms with Crippen molar-refractivity contribution in [2.75, 3.05) is 40.0 Å². The number of carbonyl (C=O) groups excluding carboxylic acids is 1. The van der Waals surface area contributed by atoms with Crippen molar-refractivity contribution in [1.29, 1.82) is 0 Å². The van der Waals surface area contributed by atoms with Gasteiger partial charge >= 0.3 is 0 Å². The van der Waals surface area contributed by atoms with Crippen molar-refractivity contribution in [3.8, 4) is 5.75 Å². The van der Waals surface area contributed by atoms with Gasteiger partial charge in [-0.05, 0) is 56.5 Å². The molecule has 3 rings (SSSR count). The van der Waals surface area contributed by atoms with Crippen LogP contribution in [0.1, 0.15) is 37.3 Å². The van der Waals surface area contributed by atoms with E-state index in [0.29, 0.717) is 32.6 Å². The van der Waals surface area contributed by atoms with Gasteiger partial charge in [-0.2, -0.15) is 0 Å². The van der Waals surface area contributed by atoms with Crippen LogP contribution in [0.3, 0.4) is 0 Å². The highest BCUT2D eigenvalue weighted by Crippen LogP contribution is 2.27. The van der Waals surface area contributed by atoms with Crippen LogP contribution in [0.5, 0.6) is 5.75 Å². The summed E-state index contributed by atoms with van der Waals surface area (Å²) in [5.74, 6) is 0.774. The van der Waals surface area contributed by atoms with E-state index in [1.54, 1.807) is 7.11 Å². The van der Waals surface area contributed by atoms with Gasteiger partial charge in [0, 0.05) is 19.8 Å². The molecule has 2 fully saturated rings. The number of benzene rings is 1. The van der Waals surface area contributed by atoms with Crippen molar-refractivity contribution in [2.24, 2.45) is 5.73 Å². The minimum absolute atomic E-state index is 0. The van der Waals surface area contributed by atoms with E-state index in [0.717, 1.165) is 18.8 Å². The molecule has 0 radical (unpaired) electrons. The van der Waals surface area contributed by atoms with Gasteiger partial charge in [-0.1, -0.05) is 12.1 Å². The lowest BCUT2D eigenvalue weighted by Gasteiger charge is -2.34. The fourth-order valence-corrected chi connectivity index (χ4v) is 3.69. The number of ether oxygens (including phenoxy) is 2. The summed E-state index contributed by atoms with van der Waals surface area (Å²) in [4.78, 5) is 15.1. The number of likely N-dealkylation sites (tertiary alicyclic amines) is 1. The van der Waals surface area contributed by atoms with E-state index < -0.39 is 5.54 Å². The molecular formula is C19H31Cl2N3O3. The second kappa shape index (κ2) is 11.1. The van der Waals surface area contributed by atoms with Crippen LogP contribution in [-0.2, 0) is 9.53 Å². The first-order valence-corrected chi connectivity index (χ1v) is 9.15. The number of nitrogens with two attached hydrogens (primary N) is 1. The lowest BCUT2D eigenvalue weighted by Crippen LogP contribution is -2.57. The molecule has 6 nitrogen and oxygen atoms in total. The Labute approximate surface area is 174 Å². The maximum Gasteiger partial charge on any atom is 0.240 e. The predicted octanol–water partition coefficient (Wildman–Crippen LogP) is 2.30. The van der Waals surface area contributed by atoms with E-state index in [9.17, 15) is 4.79 Å². The molecule has 154 valence electrons. The number of nitrogens with zero attached hydrogens (tertiary/aromatic N) is 1. The van der Waals surface area contributed by atoms with Crippen molar-refractivity contribution in [1.82, 2.24) is 10.2 Å². The van der Waals surface area contributed by atoms with Crippen LogP contribution in [0.15, 0.2) is 24.3 Å². The summed E-state index contributed by atoms with van der Waals surface area (Å²) in [5, 5.41) is 3.10. The monoisotopic (exact) mass is 419 g/mol. The number of methoxy groups -OCH3 is 1. The molecule has 1 atom stereocenters. The summed E-state index contributed by atoms with van der Waals surface area (Å²) in [7, 11) is 1.68. The Bertz CT molecular complexity index is 591. The van der Waals surface area contributed by atoms with Gasteiger partial charge in [0.2, 0.25) is 5.91 Å². The molecule has 8 heteroatoms. The maximum atomic E-state index is 12.7. The Morgan fingerprint density at radius 1 is 1.30 bits per heavy atom. The molecular weight excluding hydrogens is 389 g/mol. The second-order valence-electron chi connectivity index (χ2n) is 7.01. The molecule has 3 N–H and O–H groups in total. The van der Waals surface area contributed by atoms with E-state index in [1.165, 1.54) is 18.4 Å². The van der Waals surface area contributed by atoms with E-state index in [2.05, 4.69) is 22.3 Å². The molecule has 0 aromatic heterocycles. The van der Waals surface area contributed by atoms with Gasteiger partial charge in [0.25, 0.3) is 0 Å². The van der Waals surface area contributed by atoms with Crippen LogP contribution in [0.2, 0.25) is 0 Å². The number of hydrogen-bond acceptors (Lipinski definition) is 5. The average molecular weight is 420 g/mol. The Kier molecular flexibility index (Phi) is 9.84. The standard InChI is InChI=1S/C19H29N3O3.2ClH/c1-24-16-6-4-5-15(13-16)17(22-9-2-3-10-22)14-21-18(23)19(20)7-11-25-12-8-19;;/h4-6,13,17H,2-3,7-12,14,20H2,1H3,(H,21,23);2*1H. The first kappa shape index (κ1) is 24.0. The third-order valence-electron chi connectivity index (χ3n) is 5.35. The van der Waals surface area contributed by atoms with Gasteiger partial charge < -0.3 is 20.5 Å². The molecule has 2 aliphatic rings. The number of rotatable bonds is 6. The summed E-state index contributed by atoms with van der Waals surface area (Å²) in [5.41, 5.74) is 6.66. The molecule has 1 aromatic carbocycles. The molecule has 27 heavy (non-hydrogen) atoms. The first-order valence-electron chi connectivity index (χ1n) is 9.15. The molecule has 0 saturated carbocycles. The molecule has 2 saturated heterocycles. The van der Waals surface area contributed by atoms with Crippen LogP contribution in [0.25, 0.3) is 0 Å². The first-order chi connectivity index (χ1) is 12.1. The second-order valence-corrected chi connectivity index (χ2v) is 7.01. The largest absolute Gasteiger partial charge is 0.497 e. The van der Waals surface area contributed by atoms with E-state index in [-0.39, 0.29) is 36.8 Å². The number of amides is 1. The normalized spacial score (nSPS) is 20.1. The molecule has 1 amide bonds. The third kappa shape index (κ3) is 5.96. The summed E-state index contributed by atoms with van der Waals surface area (Å²) < 4.78 is 10.7. The molecule has 0 aliphatic carbocycles. The zero-order valence-corrected chi connectivity index (χ0v) is 17.4. The van der Waals surface area contributed by atoms with Gasteiger partial charge in [0.1, 0.15) is 5.75 Å². The van der Waals surface area contributed by atoms with E-state index >= 15 is 0 Å². The predicted molar refractivity (Wildman–Crippen MR) is 111 cm³/mol. The third-order valence-corrected chi connectivity index (χ3v) is 5.35. The van der Waals surface area contributed by atoms with Crippen molar-refractivity contribution < 1.29 is 14.3 Å². The SMILES string of the molecule is COc1cccc(C(CNC(=O)C2(N)CCOCC2)N2CCCC2)c1.Cl.Cl. The highest BCUT2D eigenvalue weighted by molar-refractivity contribution is 5.86. The summed E-state index contributed by atoms with van der Waals surface area (Å²) in [6.07, 6.45) is 3.55. The van der Waals surface area contributed by atoms with Crippen LogP contribution < -0.4 is 15.8 Å². The Morgan fingerprint density at radius 3 is 2.59 bits per heavy atom. The molecule has 2 aliphatic heterocycles. The number of hydrogen-bond donors (Lipinski definition) is 2. The quantitative estimate of drug-likeness (QED) is 0.739. The number of carbonyl (C=O) groups is 1. The fourth-order valence-electron chi connectivity index (χ4n) is 3.69. The smallest absolute Gasteiger partial charge is 0.240 e. The van der Waals surface area contributed by atoms with Crippen molar-refractivity contribution in [3.63, 3.8) is 0 Å². The molecule has 0 bridgehead atoms. The van der Waals surface area contributed by atoms with E-state index in [4.69, 9.17) is 15.2 Å². The van der Waals surface area contributed by atoms with Crippen molar-refractivity contribution in [3.05, 3.63) is 29.8 Å². The zero-order valence-electron chi connectivity index (χ0n) is 15.8. The minimum Gasteiger partial charge on any atom is -0.497 e. The highest BCUT2D eigenvalue weighted by atomic mass is 35.5. The van der Waals surface area contributed by atoms with Crippen LogP contribution >= 0.6 is 24.8 Å². The molecule has 1 aromatic rings. The molecule has 0 spiro atoms. The highest BCUT2D eigenvalue weighted by Gasteiger charge is 2.36. The lowest BCUT2D eigenvalue weighted by molar-refractivity contribution is -0.130. The van der Waals surface area contributed by atoms with Gasteiger partial charge in [-0.3, -0.25) is 9.69 Å². The summed E-state index contributed by atoms with van der Waals surface area (Å²) in [6, 6.07) is 8.25. The van der Waals surface area contributed by atoms with Gasteiger partial charge in [0.05, 0.1) is 18.7 Å². The molecule has 2 heterocycles. The minimum atomic E-state index is -0.803. The van der Waals surface area contributed by atoms with Crippen LogP contribution in [0, 0.1) is 0 Å². The fraction of sp³-hybridized carbons (Fsp3) is 0.632. The van der Waals surface area contributed by atoms with Gasteiger partial charge in [-0.25, -0.2) is 0 Å². The number of halogens is 2. The van der Waals surface area contributed by atoms with Crippen molar-refractivity contribution in [2.45, 2.75) is 37.3 Å². The topological polar surface area (TPSA) is 76.8 Å². The van der Waals surface area contributed by atoms with Crippen LogP contribution in [-0.4, -0.2) is 56.3 Å². The maximum absolute atomic E-state index is 12.7. The van der Waals surface area contributed by atoms with E-state index in [1.807, 2.05) is 12.1 Å². The molecule has 1 unspecified atom stereocenters. The summed E-state index contributed by atoms with van der Waals surface area (Å²) in [6.45, 7) is 3.77. The Balaban J connectivity index is 0.00000182. The lowest BCUT2D eigenvalue weighted by atomic mass is 9.90. The van der Waals surface area contributed by atoms with Gasteiger partial charge in [0.15, 0.2) is 0 Å². The zero-order chi connectivity index (χ0) is 17.7. The van der Waals surface area contributed by atoms with Crippen LogP contribution in [0.4, 0.5) is 0 Å². The Hall–Kier alpha value is -1.05. The average Bonchev–Trinajstić information content (AvgIpc) is 3.17. The van der Waals surface area contributed by atoms with Crippen molar-refractivity contribution >= 4 is 30.7 Å². The Morgan fingerprint density at radius 2 is 1.96 bits per heavy atom. The van der Waals surface area contributed by atoms with Gasteiger partial charge in [-0.15, -0.1) is 24.8 Å². The number of nitrogens with one attached hydrogen (secondary N) is 1. The summed E-state index contributed by atoms with van der Waals surface area (Å²) >= 11 is 0.